The van der Waals surface area contributed by atoms with Crippen LogP contribution in [0.4, 0.5) is 47.8 Å². The number of amides is 1. The van der Waals surface area contributed by atoms with E-state index in [4.69, 9.17) is 5.26 Å². The Morgan fingerprint density at radius 1 is 0.961 bits per heavy atom. The van der Waals surface area contributed by atoms with Crippen LogP contribution in [-0.4, -0.2) is 56.0 Å². The maximum absolute atomic E-state index is 14.7. The second kappa shape index (κ2) is 13.9. The number of sulfonamides is 1. The molecule has 4 aromatic carbocycles. The van der Waals surface area contributed by atoms with Gasteiger partial charge >= 0.3 is 6.18 Å². The van der Waals surface area contributed by atoms with E-state index in [-0.39, 0.29) is 45.8 Å². The van der Waals surface area contributed by atoms with Crippen molar-refractivity contribution in [2.45, 2.75) is 11.1 Å². The Morgan fingerprint density at radius 2 is 1.65 bits per heavy atom. The number of carbonyl (C=O) groups is 1. The van der Waals surface area contributed by atoms with Crippen LogP contribution in [0.1, 0.15) is 21.5 Å². The van der Waals surface area contributed by atoms with Gasteiger partial charge in [-0.05, 0) is 67.7 Å². The van der Waals surface area contributed by atoms with Crippen LogP contribution in [0.25, 0.3) is 22.2 Å². The summed E-state index contributed by atoms with van der Waals surface area (Å²) >= 11 is 0. The Balaban J connectivity index is 1.48. The fraction of sp³-hybridized carbons (Fsp3) is 0.182. The second-order valence-electron chi connectivity index (χ2n) is 11.4. The lowest BCUT2D eigenvalue weighted by molar-refractivity contribution is -0.137. The van der Waals surface area contributed by atoms with Crippen LogP contribution in [-0.2, 0) is 23.2 Å². The van der Waals surface area contributed by atoms with E-state index in [0.29, 0.717) is 12.1 Å². The number of fused-ring (bicyclic) bond motifs is 1. The number of imidazole rings is 1. The zero-order valence-electron chi connectivity index (χ0n) is 26.8. The highest BCUT2D eigenvalue weighted by atomic mass is 32.2. The van der Waals surface area contributed by atoms with E-state index in [2.05, 4.69) is 15.6 Å². The number of hydrogen-bond acceptors (Lipinski definition) is 7. The molecule has 1 heterocycles. The highest BCUT2D eigenvalue weighted by Crippen LogP contribution is 2.40. The summed E-state index contributed by atoms with van der Waals surface area (Å²) in [5.41, 5.74) is -2.48. The highest BCUT2D eigenvalue weighted by molar-refractivity contribution is 7.92. The number of halogens is 7. The fourth-order valence-corrected chi connectivity index (χ4v) is 6.31. The molecule has 0 saturated heterocycles. The van der Waals surface area contributed by atoms with Crippen molar-refractivity contribution in [1.82, 2.24) is 14.5 Å². The number of likely N-dealkylation sites (N-methyl/N-ethyl adjacent to an activating group) is 1. The maximum atomic E-state index is 14.7. The predicted molar refractivity (Wildman–Crippen MR) is 174 cm³/mol. The third kappa shape index (κ3) is 7.44. The third-order valence-corrected chi connectivity index (χ3v) is 8.99. The SMILES string of the molecule is CN(C)CCNc1cc(C(=O)Nc2cccc(-c3cc4ncn(C)c4cc3C(F)(F)F)c2)ccc1NS(=O)(=O)c1c(F)c(F)c(C#N)c(F)c1F. The summed E-state index contributed by atoms with van der Waals surface area (Å²) in [6.07, 6.45) is -3.33. The molecule has 1 aromatic heterocycles. The first-order valence-corrected chi connectivity index (χ1v) is 16.2. The molecule has 10 nitrogen and oxygen atoms in total. The lowest BCUT2D eigenvalue weighted by Gasteiger charge is -2.18. The number of rotatable bonds is 10. The second-order valence-corrected chi connectivity index (χ2v) is 13.1. The molecule has 0 radical (unpaired) electrons. The van der Waals surface area contributed by atoms with E-state index < -0.39 is 61.4 Å². The number of hydrogen-bond donors (Lipinski definition) is 3. The number of aromatic nitrogens is 2. The lowest BCUT2D eigenvalue weighted by atomic mass is 9.97. The number of anilines is 3. The summed E-state index contributed by atoms with van der Waals surface area (Å²) in [4.78, 5) is 17.2. The van der Waals surface area contributed by atoms with Gasteiger partial charge in [0, 0.05) is 31.4 Å². The average molecular weight is 734 g/mol. The number of benzene rings is 4. The van der Waals surface area contributed by atoms with Gasteiger partial charge in [0.15, 0.2) is 28.2 Å². The van der Waals surface area contributed by atoms with Crippen molar-refractivity contribution in [3.8, 4) is 17.2 Å². The maximum Gasteiger partial charge on any atom is 0.417 e. The van der Waals surface area contributed by atoms with Crippen molar-refractivity contribution in [2.75, 3.05) is 42.5 Å². The minimum Gasteiger partial charge on any atom is -0.382 e. The minimum atomic E-state index is -5.37. The molecule has 266 valence electrons. The molecule has 0 atom stereocenters. The number of aryl methyl sites for hydroxylation is 1. The Morgan fingerprint density at radius 3 is 2.27 bits per heavy atom. The van der Waals surface area contributed by atoms with Crippen LogP contribution >= 0.6 is 0 Å². The zero-order chi connectivity index (χ0) is 37.4. The summed E-state index contributed by atoms with van der Waals surface area (Å²) < 4.78 is 130. The van der Waals surface area contributed by atoms with Crippen LogP contribution in [0.3, 0.4) is 0 Å². The molecule has 0 unspecified atom stereocenters. The number of nitrogens with zero attached hydrogens (tertiary/aromatic N) is 4. The van der Waals surface area contributed by atoms with E-state index in [9.17, 15) is 43.9 Å². The van der Waals surface area contributed by atoms with Crippen LogP contribution in [0.5, 0.6) is 0 Å². The third-order valence-electron chi connectivity index (χ3n) is 7.61. The Hall–Kier alpha value is -5.67. The van der Waals surface area contributed by atoms with Gasteiger partial charge < -0.3 is 20.1 Å². The molecule has 0 aliphatic rings. The Labute approximate surface area is 286 Å². The molecule has 3 N–H and O–H groups in total. The van der Waals surface area contributed by atoms with Crippen LogP contribution in [0, 0.1) is 34.6 Å². The van der Waals surface area contributed by atoms with E-state index in [1.54, 1.807) is 26.0 Å². The monoisotopic (exact) mass is 733 g/mol. The summed E-state index contributed by atoms with van der Waals surface area (Å²) in [6.45, 7) is 0.536. The molecule has 0 aliphatic carbocycles. The predicted octanol–water partition coefficient (Wildman–Crippen LogP) is 6.71. The molecule has 5 aromatic rings. The van der Waals surface area contributed by atoms with Crippen molar-refractivity contribution in [1.29, 1.82) is 5.26 Å². The van der Waals surface area contributed by atoms with E-state index in [1.165, 1.54) is 47.3 Å². The van der Waals surface area contributed by atoms with Crippen molar-refractivity contribution in [3.63, 3.8) is 0 Å². The summed E-state index contributed by atoms with van der Waals surface area (Å²) in [7, 11) is -0.349. The van der Waals surface area contributed by atoms with Crippen LogP contribution in [0.2, 0.25) is 0 Å². The van der Waals surface area contributed by atoms with Gasteiger partial charge in [0.1, 0.15) is 11.6 Å². The Kier molecular flexibility index (Phi) is 9.99. The summed E-state index contributed by atoms with van der Waals surface area (Å²) in [5.74, 6) is -9.82. The van der Waals surface area contributed by atoms with Crippen LogP contribution < -0.4 is 15.4 Å². The van der Waals surface area contributed by atoms with Crippen molar-refractivity contribution >= 4 is 44.0 Å². The van der Waals surface area contributed by atoms with Gasteiger partial charge in [0.25, 0.3) is 15.9 Å². The molecular weight excluding hydrogens is 707 g/mol. The molecular formula is C33H26F7N7O3S. The molecule has 0 bridgehead atoms. The van der Waals surface area contributed by atoms with Gasteiger partial charge in [-0.15, -0.1) is 0 Å². The first-order chi connectivity index (χ1) is 23.9. The van der Waals surface area contributed by atoms with E-state index >= 15 is 0 Å². The quantitative estimate of drug-likeness (QED) is 0.107. The zero-order valence-corrected chi connectivity index (χ0v) is 27.6. The topological polar surface area (TPSA) is 132 Å². The lowest BCUT2D eigenvalue weighted by Crippen LogP contribution is -2.23. The highest BCUT2D eigenvalue weighted by Gasteiger charge is 2.35. The first kappa shape index (κ1) is 36.6. The van der Waals surface area contributed by atoms with E-state index in [0.717, 1.165) is 24.3 Å². The van der Waals surface area contributed by atoms with Gasteiger partial charge in [-0.3, -0.25) is 9.52 Å². The number of nitrogens with one attached hydrogen (secondary N) is 3. The molecule has 0 spiro atoms. The number of nitriles is 1. The van der Waals surface area contributed by atoms with Gasteiger partial charge in [-0.2, -0.15) is 18.4 Å². The molecule has 0 aliphatic heterocycles. The largest absolute Gasteiger partial charge is 0.417 e. The minimum absolute atomic E-state index is 0.0873. The smallest absolute Gasteiger partial charge is 0.382 e. The fourth-order valence-electron chi connectivity index (χ4n) is 5.09. The molecule has 1 amide bonds. The molecule has 51 heavy (non-hydrogen) atoms. The molecule has 5 rings (SSSR count). The van der Waals surface area contributed by atoms with E-state index in [1.807, 2.05) is 4.72 Å². The van der Waals surface area contributed by atoms with Crippen molar-refractivity contribution in [3.05, 3.63) is 101 Å². The van der Waals surface area contributed by atoms with Gasteiger partial charge in [-0.25, -0.2) is 31.0 Å². The van der Waals surface area contributed by atoms with Gasteiger partial charge in [0.05, 0.1) is 34.3 Å². The normalized spacial score (nSPS) is 11.9. The molecule has 0 fully saturated rings. The standard InChI is InChI=1S/C33H26F7N7O3S/c1-46(2)10-9-42-24-12-18(7-8-23(24)45-51(49,50)31-29(36)27(34)21(15-41)28(35)30(31)37)32(48)44-19-6-4-5-17(11-19)20-13-25-26(47(3)16-43-25)14-22(20)33(38,39)40/h4-8,11-14,16,42,45H,9-10H2,1-3H3,(H,44,48). The van der Waals surface area contributed by atoms with Crippen molar-refractivity contribution < 1.29 is 43.9 Å². The van der Waals surface area contributed by atoms with Crippen LogP contribution in [0.15, 0.2) is 65.8 Å². The molecule has 0 saturated carbocycles. The molecule has 18 heteroatoms. The number of alkyl halides is 3. The van der Waals surface area contributed by atoms with Gasteiger partial charge in [-0.1, -0.05) is 12.1 Å². The average Bonchev–Trinajstić information content (AvgIpc) is 3.43. The van der Waals surface area contributed by atoms with Gasteiger partial charge in [0.2, 0.25) is 0 Å². The Bertz CT molecular complexity index is 2310. The first-order valence-electron chi connectivity index (χ1n) is 14.7. The van der Waals surface area contributed by atoms with Crippen molar-refractivity contribution in [2.24, 2.45) is 7.05 Å². The number of carbonyl (C=O) groups excluding carboxylic acids is 1. The summed E-state index contributed by atoms with van der Waals surface area (Å²) in [5, 5.41) is 14.3. The summed E-state index contributed by atoms with van der Waals surface area (Å²) in [6, 6.07) is 12.2.